The van der Waals surface area contributed by atoms with Crippen LogP contribution in [0, 0.1) is 17.8 Å². The molecule has 0 aromatic carbocycles. The Labute approximate surface area is 123 Å². The van der Waals surface area contributed by atoms with E-state index in [1.165, 1.54) is 45.1 Å². The Morgan fingerprint density at radius 1 is 1.15 bits per heavy atom. The Morgan fingerprint density at radius 2 is 1.85 bits per heavy atom. The van der Waals surface area contributed by atoms with Gasteiger partial charge in [-0.25, -0.2) is 0 Å². The van der Waals surface area contributed by atoms with E-state index in [2.05, 4.69) is 17.3 Å². The minimum absolute atomic E-state index is 0.259. The molecule has 0 aromatic heterocycles. The Hall–Kier alpha value is -0.610. The number of amides is 1. The minimum Gasteiger partial charge on any atom is -0.356 e. The van der Waals surface area contributed by atoms with Crippen LogP contribution in [0.2, 0.25) is 0 Å². The lowest BCUT2D eigenvalue weighted by Crippen LogP contribution is -2.39. The number of nitrogens with one attached hydrogen (secondary N) is 1. The normalized spacial score (nSPS) is 32.0. The highest BCUT2D eigenvalue weighted by atomic mass is 16.1. The van der Waals surface area contributed by atoms with E-state index in [1.807, 2.05) is 0 Å². The number of carbonyl (C=O) groups excluding carboxylic acids is 1. The second kappa shape index (κ2) is 7.99. The molecule has 2 fully saturated rings. The predicted molar refractivity (Wildman–Crippen MR) is 82.4 cm³/mol. The number of nitrogens with two attached hydrogens (primary N) is 1. The predicted octanol–water partition coefficient (Wildman–Crippen LogP) is 1.60. The van der Waals surface area contributed by atoms with Gasteiger partial charge in [0.15, 0.2) is 0 Å². The number of piperidine rings is 1. The van der Waals surface area contributed by atoms with E-state index in [9.17, 15) is 4.79 Å². The highest BCUT2D eigenvalue weighted by Crippen LogP contribution is 2.30. The summed E-state index contributed by atoms with van der Waals surface area (Å²) in [6, 6.07) is 0. The first-order valence-electron chi connectivity index (χ1n) is 8.32. The molecule has 2 aliphatic rings. The molecule has 0 aromatic rings. The monoisotopic (exact) mass is 281 g/mol. The van der Waals surface area contributed by atoms with Crippen molar-refractivity contribution in [2.75, 3.05) is 33.2 Å². The van der Waals surface area contributed by atoms with Crippen molar-refractivity contribution < 1.29 is 4.79 Å². The molecule has 1 atom stereocenters. The van der Waals surface area contributed by atoms with Gasteiger partial charge in [-0.2, -0.15) is 0 Å². The topological polar surface area (TPSA) is 58.4 Å². The van der Waals surface area contributed by atoms with Crippen LogP contribution in [-0.2, 0) is 4.79 Å². The van der Waals surface area contributed by atoms with Crippen LogP contribution in [0.25, 0.3) is 0 Å². The summed E-state index contributed by atoms with van der Waals surface area (Å²) in [6.45, 7) is 4.01. The van der Waals surface area contributed by atoms with Crippen molar-refractivity contribution in [2.24, 2.45) is 23.5 Å². The Balaban J connectivity index is 1.60. The lowest BCUT2D eigenvalue weighted by molar-refractivity contribution is -0.122. The van der Waals surface area contributed by atoms with E-state index < -0.39 is 0 Å². The average molecular weight is 281 g/mol. The van der Waals surface area contributed by atoms with E-state index in [-0.39, 0.29) is 5.91 Å². The van der Waals surface area contributed by atoms with Crippen LogP contribution in [0.15, 0.2) is 0 Å². The molecule has 4 heteroatoms. The van der Waals surface area contributed by atoms with Crippen molar-refractivity contribution in [1.82, 2.24) is 10.2 Å². The molecule has 0 bridgehead atoms. The number of hydrogen-bond donors (Lipinski definition) is 2. The van der Waals surface area contributed by atoms with E-state index in [0.717, 1.165) is 26.1 Å². The van der Waals surface area contributed by atoms with Crippen LogP contribution in [0.3, 0.4) is 0 Å². The summed E-state index contributed by atoms with van der Waals surface area (Å²) in [5.41, 5.74) is 5.71. The van der Waals surface area contributed by atoms with Gasteiger partial charge in [-0.3, -0.25) is 4.79 Å². The van der Waals surface area contributed by atoms with Crippen LogP contribution in [-0.4, -0.2) is 44.0 Å². The SMILES string of the molecule is CN1CCCC(CNC(=O)CC2CCC(CN)CC2)C1. The van der Waals surface area contributed by atoms with Crippen molar-refractivity contribution in [3.05, 3.63) is 0 Å². The average Bonchev–Trinajstić information content (AvgIpc) is 2.46. The Kier molecular flexibility index (Phi) is 6.30. The van der Waals surface area contributed by atoms with Crippen LogP contribution >= 0.6 is 0 Å². The van der Waals surface area contributed by atoms with Gasteiger partial charge < -0.3 is 16.0 Å². The molecule has 1 saturated heterocycles. The van der Waals surface area contributed by atoms with Crippen LogP contribution in [0.5, 0.6) is 0 Å². The van der Waals surface area contributed by atoms with Crippen molar-refractivity contribution in [3.8, 4) is 0 Å². The summed E-state index contributed by atoms with van der Waals surface area (Å²) in [6.07, 6.45) is 8.03. The molecule has 4 nitrogen and oxygen atoms in total. The van der Waals surface area contributed by atoms with Gasteiger partial charge in [-0.05, 0) is 76.4 Å². The first-order valence-corrected chi connectivity index (χ1v) is 8.32. The maximum absolute atomic E-state index is 12.0. The number of rotatable bonds is 5. The number of likely N-dealkylation sites (tertiary alicyclic amines) is 1. The summed E-state index contributed by atoms with van der Waals surface area (Å²) < 4.78 is 0. The quantitative estimate of drug-likeness (QED) is 0.805. The van der Waals surface area contributed by atoms with Gasteiger partial charge in [0.2, 0.25) is 5.91 Å². The molecule has 0 radical (unpaired) electrons. The molecule has 3 N–H and O–H groups in total. The van der Waals surface area contributed by atoms with Gasteiger partial charge in [0, 0.05) is 19.5 Å². The van der Waals surface area contributed by atoms with Crippen molar-refractivity contribution in [2.45, 2.75) is 44.9 Å². The van der Waals surface area contributed by atoms with E-state index in [1.54, 1.807) is 0 Å². The molecule has 1 unspecified atom stereocenters. The Morgan fingerprint density at radius 3 is 2.50 bits per heavy atom. The van der Waals surface area contributed by atoms with Gasteiger partial charge in [0.1, 0.15) is 0 Å². The zero-order valence-electron chi connectivity index (χ0n) is 12.9. The van der Waals surface area contributed by atoms with Crippen LogP contribution in [0.1, 0.15) is 44.9 Å². The second-order valence-corrected chi connectivity index (χ2v) is 6.90. The van der Waals surface area contributed by atoms with Gasteiger partial charge in [0.05, 0.1) is 0 Å². The maximum Gasteiger partial charge on any atom is 0.220 e. The summed E-state index contributed by atoms with van der Waals surface area (Å²) in [7, 11) is 2.17. The third-order valence-electron chi connectivity index (χ3n) is 5.08. The zero-order chi connectivity index (χ0) is 14.4. The fourth-order valence-electron chi connectivity index (χ4n) is 3.70. The number of carbonyl (C=O) groups is 1. The number of nitrogens with zero attached hydrogens (tertiary/aromatic N) is 1. The molecule has 1 amide bonds. The standard InChI is InChI=1S/C16H31N3O/c1-19-8-2-3-15(12-19)11-18-16(20)9-13-4-6-14(10-17)7-5-13/h13-15H,2-12,17H2,1H3,(H,18,20). The second-order valence-electron chi connectivity index (χ2n) is 6.90. The molecule has 1 aliphatic carbocycles. The minimum atomic E-state index is 0.259. The van der Waals surface area contributed by atoms with Crippen molar-refractivity contribution in [3.63, 3.8) is 0 Å². The number of hydrogen-bond acceptors (Lipinski definition) is 3. The van der Waals surface area contributed by atoms with Crippen molar-refractivity contribution in [1.29, 1.82) is 0 Å². The molecule has 20 heavy (non-hydrogen) atoms. The summed E-state index contributed by atoms with van der Waals surface area (Å²) in [5, 5.41) is 3.16. The molecule has 2 rings (SSSR count). The highest BCUT2D eigenvalue weighted by molar-refractivity contribution is 5.76. The van der Waals surface area contributed by atoms with Gasteiger partial charge in [-0.1, -0.05) is 0 Å². The third kappa shape index (κ3) is 5.06. The molecule has 1 heterocycles. The van der Waals surface area contributed by atoms with Gasteiger partial charge in [0.25, 0.3) is 0 Å². The molecular weight excluding hydrogens is 250 g/mol. The summed E-state index contributed by atoms with van der Waals surface area (Å²) in [4.78, 5) is 14.4. The first-order chi connectivity index (χ1) is 9.67. The molecule has 1 saturated carbocycles. The smallest absolute Gasteiger partial charge is 0.220 e. The molecule has 0 spiro atoms. The summed E-state index contributed by atoms with van der Waals surface area (Å²) in [5.74, 6) is 2.19. The highest BCUT2D eigenvalue weighted by Gasteiger charge is 2.23. The van der Waals surface area contributed by atoms with Crippen molar-refractivity contribution >= 4 is 5.91 Å². The maximum atomic E-state index is 12.0. The molecule has 116 valence electrons. The summed E-state index contributed by atoms with van der Waals surface area (Å²) >= 11 is 0. The van der Waals surface area contributed by atoms with Gasteiger partial charge in [-0.15, -0.1) is 0 Å². The zero-order valence-corrected chi connectivity index (χ0v) is 12.9. The first kappa shape index (κ1) is 15.8. The van der Waals surface area contributed by atoms with Crippen LogP contribution in [0.4, 0.5) is 0 Å². The lowest BCUT2D eigenvalue weighted by atomic mass is 9.80. The van der Waals surface area contributed by atoms with E-state index in [0.29, 0.717) is 17.8 Å². The molecular formula is C16H31N3O. The van der Waals surface area contributed by atoms with Gasteiger partial charge >= 0.3 is 0 Å². The third-order valence-corrected chi connectivity index (χ3v) is 5.08. The van der Waals surface area contributed by atoms with E-state index >= 15 is 0 Å². The Bertz CT molecular complexity index is 300. The van der Waals surface area contributed by atoms with Crippen LogP contribution < -0.4 is 11.1 Å². The molecule has 1 aliphatic heterocycles. The fraction of sp³-hybridized carbons (Fsp3) is 0.938. The van der Waals surface area contributed by atoms with E-state index in [4.69, 9.17) is 5.73 Å². The fourth-order valence-corrected chi connectivity index (χ4v) is 3.70. The largest absolute Gasteiger partial charge is 0.356 e. The lowest BCUT2D eigenvalue weighted by Gasteiger charge is -2.30.